The summed E-state index contributed by atoms with van der Waals surface area (Å²) in [6.07, 6.45) is -0.427. The molecule has 2 aromatic carbocycles. The largest absolute Gasteiger partial charge is 0.577 e. The molecule has 1 radical (unpaired) electrons. The molecule has 0 aliphatic heterocycles. The number of halogens is 2. The van der Waals surface area contributed by atoms with Gasteiger partial charge >= 0.3 is 19.8 Å². The molecule has 0 spiro atoms. The fourth-order valence-electron chi connectivity index (χ4n) is 1.43. The Labute approximate surface area is 127 Å². The molecule has 4 nitrogen and oxygen atoms in total. The average Bonchev–Trinajstić information content (AvgIpc) is 2.49. The van der Waals surface area contributed by atoms with Crippen LogP contribution in [0.4, 0.5) is 8.63 Å². The summed E-state index contributed by atoms with van der Waals surface area (Å²) in [4.78, 5) is 23.0. The van der Waals surface area contributed by atoms with E-state index >= 15 is 0 Å². The van der Waals surface area contributed by atoms with Crippen molar-refractivity contribution >= 4 is 19.8 Å². The Morgan fingerprint density at radius 1 is 0.773 bits per heavy atom. The summed E-state index contributed by atoms with van der Waals surface area (Å²) in [5, 5.41) is 0. The van der Waals surface area contributed by atoms with Gasteiger partial charge in [0.2, 0.25) is 0 Å². The molecule has 2 rings (SSSR count). The number of esters is 2. The second kappa shape index (κ2) is 10.1. The predicted molar refractivity (Wildman–Crippen MR) is 76.7 cm³/mol. The minimum Gasteiger partial charge on any atom is -0.426 e. The third-order valence-electron chi connectivity index (χ3n) is 2.24. The zero-order chi connectivity index (χ0) is 16.2. The average molecular weight is 305 g/mol. The highest BCUT2D eigenvalue weighted by molar-refractivity contribution is 6.15. The van der Waals surface area contributed by atoms with Crippen molar-refractivity contribution in [1.82, 2.24) is 0 Å². The lowest BCUT2D eigenvalue weighted by Crippen LogP contribution is -2.18. The highest BCUT2D eigenvalue weighted by Crippen LogP contribution is 2.11. The maximum atomic E-state index is 11.5. The number of carbonyl (C=O) groups excluding carboxylic acids is 2. The summed E-state index contributed by atoms with van der Waals surface area (Å²) in [6, 6.07) is 17.1. The number of ether oxygens (including phenoxy) is 2. The first-order valence-electron chi connectivity index (χ1n) is 6.19. The van der Waals surface area contributed by atoms with E-state index in [1.807, 2.05) is 0 Å². The van der Waals surface area contributed by atoms with Gasteiger partial charge in [0, 0.05) is 0 Å². The van der Waals surface area contributed by atoms with Crippen LogP contribution < -0.4 is 9.47 Å². The van der Waals surface area contributed by atoms with Crippen LogP contribution in [-0.4, -0.2) is 19.8 Å². The van der Waals surface area contributed by atoms with Gasteiger partial charge in [-0.25, -0.2) is 0 Å². The Balaban J connectivity index is 0.000000745. The number of rotatable bonds is 4. The molecule has 0 saturated carbocycles. The Morgan fingerprint density at radius 3 is 1.41 bits per heavy atom. The van der Waals surface area contributed by atoms with E-state index in [9.17, 15) is 18.2 Å². The topological polar surface area (TPSA) is 52.6 Å². The van der Waals surface area contributed by atoms with Crippen LogP contribution >= 0.6 is 0 Å². The fraction of sp³-hybridized carbons (Fsp3) is 0.0667. The zero-order valence-electron chi connectivity index (χ0n) is 11.4. The lowest BCUT2D eigenvalue weighted by atomic mass is 10.3. The van der Waals surface area contributed by atoms with Gasteiger partial charge in [-0.1, -0.05) is 36.4 Å². The molecule has 0 amide bonds. The van der Waals surface area contributed by atoms with Crippen molar-refractivity contribution in [1.29, 1.82) is 0 Å². The molecule has 22 heavy (non-hydrogen) atoms. The summed E-state index contributed by atoms with van der Waals surface area (Å²) in [7, 11) is -1.00. The van der Waals surface area contributed by atoms with Crippen molar-refractivity contribution in [2.75, 3.05) is 0 Å². The van der Waals surface area contributed by atoms with Crippen LogP contribution in [-0.2, 0) is 9.59 Å². The van der Waals surface area contributed by atoms with Crippen molar-refractivity contribution in [3.05, 3.63) is 60.7 Å². The Bertz CT molecular complexity index is 527. The molecule has 0 heterocycles. The lowest BCUT2D eigenvalue weighted by molar-refractivity contribution is -0.144. The van der Waals surface area contributed by atoms with Crippen LogP contribution in [0.15, 0.2) is 60.7 Å². The fourth-order valence-corrected chi connectivity index (χ4v) is 1.43. The van der Waals surface area contributed by atoms with E-state index in [1.54, 1.807) is 60.7 Å². The van der Waals surface area contributed by atoms with Gasteiger partial charge < -0.3 is 9.47 Å². The summed E-state index contributed by atoms with van der Waals surface area (Å²) in [5.41, 5.74) is 0. The first-order chi connectivity index (χ1) is 10.7. The highest BCUT2D eigenvalue weighted by atomic mass is 19.2. The second-order valence-corrected chi connectivity index (χ2v) is 3.83. The molecular weight excluding hydrogens is 293 g/mol. The number of hydrogen-bond acceptors (Lipinski definition) is 4. The van der Waals surface area contributed by atoms with Crippen molar-refractivity contribution in [3.63, 3.8) is 0 Å². The van der Waals surface area contributed by atoms with Gasteiger partial charge in [-0.15, -0.1) is 0 Å². The molecule has 0 bridgehead atoms. The summed E-state index contributed by atoms with van der Waals surface area (Å²) >= 11 is 0. The first-order valence-corrected chi connectivity index (χ1v) is 6.19. The lowest BCUT2D eigenvalue weighted by Gasteiger charge is -2.04. The quantitative estimate of drug-likeness (QED) is 0.377. The number of carbonyl (C=O) groups is 2. The molecular formula is C15H12BF2O4. The van der Waals surface area contributed by atoms with Crippen molar-refractivity contribution in [2.24, 2.45) is 0 Å². The van der Waals surface area contributed by atoms with E-state index < -0.39 is 26.2 Å². The van der Waals surface area contributed by atoms with E-state index in [4.69, 9.17) is 9.47 Å². The van der Waals surface area contributed by atoms with Crippen LogP contribution in [0, 0.1) is 0 Å². The van der Waals surface area contributed by atoms with Crippen molar-refractivity contribution in [2.45, 2.75) is 6.42 Å². The Kier molecular flexibility index (Phi) is 7.96. The maximum Gasteiger partial charge on any atom is 0.577 e. The van der Waals surface area contributed by atoms with Gasteiger partial charge in [-0.3, -0.25) is 18.2 Å². The second-order valence-electron chi connectivity index (χ2n) is 3.83. The van der Waals surface area contributed by atoms with Gasteiger partial charge in [0.1, 0.15) is 17.9 Å². The smallest absolute Gasteiger partial charge is 0.426 e. The standard InChI is InChI=1S/C15H12O4.BF2/c16-14(18-12-7-3-1-4-8-12)11-15(17)19-13-9-5-2-6-10-13;2-1-3/h1-10H,11H2;. The molecule has 0 N–H and O–H groups in total. The number of para-hydroxylation sites is 2. The Morgan fingerprint density at radius 2 is 1.09 bits per heavy atom. The molecule has 113 valence electrons. The zero-order valence-corrected chi connectivity index (χ0v) is 11.4. The molecule has 2 aromatic rings. The third-order valence-corrected chi connectivity index (χ3v) is 2.24. The molecule has 0 aliphatic rings. The van der Waals surface area contributed by atoms with E-state index in [0.29, 0.717) is 11.5 Å². The van der Waals surface area contributed by atoms with Crippen LogP contribution in [0.5, 0.6) is 11.5 Å². The summed E-state index contributed by atoms with van der Waals surface area (Å²) in [5.74, 6) is -0.487. The minimum absolute atomic E-state index is 0.403. The van der Waals surface area contributed by atoms with Crippen LogP contribution in [0.2, 0.25) is 0 Å². The van der Waals surface area contributed by atoms with E-state index in [2.05, 4.69) is 0 Å². The van der Waals surface area contributed by atoms with Gasteiger partial charge in [0.05, 0.1) is 0 Å². The first kappa shape index (κ1) is 17.4. The molecule has 0 unspecified atom stereocenters. The molecule has 0 saturated heterocycles. The van der Waals surface area contributed by atoms with Gasteiger partial charge in [0.25, 0.3) is 0 Å². The molecule has 0 aliphatic carbocycles. The van der Waals surface area contributed by atoms with Crippen molar-refractivity contribution in [3.8, 4) is 11.5 Å². The minimum atomic E-state index is -1.00. The molecule has 0 fully saturated rings. The Hall–Kier alpha value is -2.70. The molecule has 0 atom stereocenters. The number of hydrogen-bond donors (Lipinski definition) is 0. The van der Waals surface area contributed by atoms with E-state index in [0.717, 1.165) is 0 Å². The highest BCUT2D eigenvalue weighted by Gasteiger charge is 2.13. The van der Waals surface area contributed by atoms with E-state index in [-0.39, 0.29) is 0 Å². The molecule has 7 heteroatoms. The van der Waals surface area contributed by atoms with Crippen LogP contribution in [0.25, 0.3) is 0 Å². The maximum absolute atomic E-state index is 11.5. The summed E-state index contributed by atoms with van der Waals surface area (Å²) < 4.78 is 29.0. The van der Waals surface area contributed by atoms with Crippen molar-refractivity contribution < 1.29 is 27.7 Å². The summed E-state index contributed by atoms with van der Waals surface area (Å²) in [6.45, 7) is 0. The van der Waals surface area contributed by atoms with E-state index in [1.165, 1.54) is 0 Å². The SMILES string of the molecule is F[B]F.O=C(CC(=O)Oc1ccccc1)Oc1ccccc1. The van der Waals surface area contributed by atoms with Gasteiger partial charge in [-0.2, -0.15) is 0 Å². The predicted octanol–water partition coefficient (Wildman–Crippen LogP) is 3.05. The van der Waals surface area contributed by atoms with Gasteiger partial charge in [0.15, 0.2) is 0 Å². The monoisotopic (exact) mass is 305 g/mol. The van der Waals surface area contributed by atoms with Crippen LogP contribution in [0.1, 0.15) is 6.42 Å². The van der Waals surface area contributed by atoms with Gasteiger partial charge in [-0.05, 0) is 24.3 Å². The number of benzene rings is 2. The normalized spacial score (nSPS) is 9.00. The third kappa shape index (κ3) is 7.18. The van der Waals surface area contributed by atoms with Crippen LogP contribution in [0.3, 0.4) is 0 Å². The molecule has 0 aromatic heterocycles.